The van der Waals surface area contributed by atoms with Crippen molar-refractivity contribution in [3.63, 3.8) is 0 Å². The number of piperazine rings is 1. The first-order chi connectivity index (χ1) is 17.4. The summed E-state index contributed by atoms with van der Waals surface area (Å²) in [7, 11) is 0. The number of imidazole rings is 1. The van der Waals surface area contributed by atoms with E-state index in [0.29, 0.717) is 28.4 Å². The van der Waals surface area contributed by atoms with E-state index in [1.165, 1.54) is 12.4 Å². The van der Waals surface area contributed by atoms with E-state index in [9.17, 15) is 4.39 Å². The van der Waals surface area contributed by atoms with Crippen molar-refractivity contribution in [2.45, 2.75) is 40.3 Å². The van der Waals surface area contributed by atoms with Crippen molar-refractivity contribution < 1.29 is 4.39 Å². The molecule has 4 heterocycles. The molecule has 1 aromatic carbocycles. The minimum Gasteiger partial charge on any atom is -0.326 e. The number of anilines is 2. The van der Waals surface area contributed by atoms with Crippen LogP contribution in [-0.2, 0) is 6.54 Å². The van der Waals surface area contributed by atoms with Crippen LogP contribution in [0.2, 0.25) is 0 Å². The Morgan fingerprint density at radius 1 is 0.972 bits per heavy atom. The Bertz CT molecular complexity index is 1340. The fourth-order valence-electron chi connectivity index (χ4n) is 4.79. The molecule has 1 fully saturated rings. The van der Waals surface area contributed by atoms with Crippen molar-refractivity contribution in [3.8, 4) is 11.3 Å². The standard InChI is InChI=1S/C26H32FN9/c1-5-34-8-10-35(11-9-34)15-20-6-7-24(33-32-20)31-25-14-22(28-16-29-25)19-12-21(27)26-23(13-19)36(17(2)3)18(4)30-26/h6-7,12-14,16-17H,5,8-11,15H2,1-4H3,(H,28,29,31,33). The van der Waals surface area contributed by atoms with Crippen LogP contribution in [-0.4, -0.2) is 72.2 Å². The van der Waals surface area contributed by atoms with Gasteiger partial charge in [-0.15, -0.1) is 5.10 Å². The summed E-state index contributed by atoms with van der Waals surface area (Å²) in [4.78, 5) is 18.0. The molecule has 10 heteroatoms. The Hall–Kier alpha value is -3.50. The molecule has 0 radical (unpaired) electrons. The summed E-state index contributed by atoms with van der Waals surface area (Å²) >= 11 is 0. The molecule has 0 unspecified atom stereocenters. The van der Waals surface area contributed by atoms with E-state index < -0.39 is 0 Å². The summed E-state index contributed by atoms with van der Waals surface area (Å²) < 4.78 is 17.0. The number of likely N-dealkylation sites (N-methyl/N-ethyl adjacent to an activating group) is 1. The maximum Gasteiger partial charge on any atom is 0.154 e. The monoisotopic (exact) mass is 489 g/mol. The number of fused-ring (bicyclic) bond motifs is 1. The van der Waals surface area contributed by atoms with Gasteiger partial charge in [0.2, 0.25) is 0 Å². The van der Waals surface area contributed by atoms with Gasteiger partial charge in [0.1, 0.15) is 23.5 Å². The lowest BCUT2D eigenvalue weighted by molar-refractivity contribution is 0.130. The molecule has 1 aliphatic rings. The van der Waals surface area contributed by atoms with Gasteiger partial charge < -0.3 is 14.8 Å². The summed E-state index contributed by atoms with van der Waals surface area (Å²) in [6, 6.07) is 9.24. The molecule has 3 aromatic heterocycles. The first kappa shape index (κ1) is 24.2. The van der Waals surface area contributed by atoms with Crippen LogP contribution in [0.4, 0.5) is 16.0 Å². The second-order valence-electron chi connectivity index (χ2n) is 9.48. The topological polar surface area (TPSA) is 87.9 Å². The number of halogens is 1. The first-order valence-electron chi connectivity index (χ1n) is 12.5. The Kier molecular flexibility index (Phi) is 6.88. The number of aryl methyl sites for hydroxylation is 1. The molecule has 5 rings (SSSR count). The van der Waals surface area contributed by atoms with Gasteiger partial charge in [-0.1, -0.05) is 6.92 Å². The second-order valence-corrected chi connectivity index (χ2v) is 9.48. The van der Waals surface area contributed by atoms with Gasteiger partial charge in [-0.3, -0.25) is 4.90 Å². The van der Waals surface area contributed by atoms with Gasteiger partial charge in [-0.05, 0) is 51.6 Å². The lowest BCUT2D eigenvalue weighted by Gasteiger charge is -2.33. The maximum atomic E-state index is 14.9. The molecular weight excluding hydrogens is 457 g/mol. The van der Waals surface area contributed by atoms with E-state index in [-0.39, 0.29) is 11.9 Å². The SMILES string of the molecule is CCN1CCN(Cc2ccc(Nc3cc(-c4cc(F)c5nc(C)n(C(C)C)c5c4)ncn3)nn2)CC1. The minimum atomic E-state index is -0.365. The Morgan fingerprint density at radius 3 is 2.44 bits per heavy atom. The summed E-state index contributed by atoms with van der Waals surface area (Å²) in [5, 5.41) is 11.9. The number of benzene rings is 1. The van der Waals surface area contributed by atoms with Crippen LogP contribution in [0.15, 0.2) is 36.7 Å². The van der Waals surface area contributed by atoms with Gasteiger partial charge in [-0.25, -0.2) is 19.3 Å². The fraction of sp³-hybridized carbons (Fsp3) is 0.423. The molecule has 0 saturated carbocycles. The fourth-order valence-corrected chi connectivity index (χ4v) is 4.79. The van der Waals surface area contributed by atoms with Crippen LogP contribution < -0.4 is 5.32 Å². The molecule has 0 bridgehead atoms. The van der Waals surface area contributed by atoms with Crippen LogP contribution in [0.1, 0.15) is 38.3 Å². The van der Waals surface area contributed by atoms with Crippen molar-refractivity contribution in [1.29, 1.82) is 0 Å². The largest absolute Gasteiger partial charge is 0.326 e. The van der Waals surface area contributed by atoms with Gasteiger partial charge in [0.15, 0.2) is 11.6 Å². The third-order valence-corrected chi connectivity index (χ3v) is 6.68. The highest BCUT2D eigenvalue weighted by atomic mass is 19.1. The zero-order valence-electron chi connectivity index (χ0n) is 21.2. The maximum absolute atomic E-state index is 14.9. The lowest BCUT2D eigenvalue weighted by Crippen LogP contribution is -2.45. The van der Waals surface area contributed by atoms with E-state index in [0.717, 1.165) is 56.3 Å². The number of rotatable bonds is 7. The Labute approximate surface area is 210 Å². The normalized spacial score (nSPS) is 15.2. The van der Waals surface area contributed by atoms with Gasteiger partial charge in [0.25, 0.3) is 0 Å². The zero-order chi connectivity index (χ0) is 25.2. The van der Waals surface area contributed by atoms with Crippen LogP contribution >= 0.6 is 0 Å². The number of hydrogen-bond acceptors (Lipinski definition) is 8. The molecule has 188 valence electrons. The number of hydrogen-bond donors (Lipinski definition) is 1. The molecule has 9 nitrogen and oxygen atoms in total. The van der Waals surface area contributed by atoms with Gasteiger partial charge in [0.05, 0.1) is 16.9 Å². The lowest BCUT2D eigenvalue weighted by atomic mass is 10.1. The van der Waals surface area contributed by atoms with Crippen molar-refractivity contribution in [2.75, 3.05) is 38.0 Å². The molecule has 1 N–H and O–H groups in total. The third kappa shape index (κ3) is 5.05. The summed E-state index contributed by atoms with van der Waals surface area (Å²) in [6.45, 7) is 14.4. The average Bonchev–Trinajstić information content (AvgIpc) is 3.22. The van der Waals surface area contributed by atoms with Gasteiger partial charge >= 0.3 is 0 Å². The number of nitrogens with one attached hydrogen (secondary N) is 1. The molecule has 0 spiro atoms. The Balaban J connectivity index is 1.31. The molecule has 0 aliphatic carbocycles. The smallest absolute Gasteiger partial charge is 0.154 e. The van der Waals surface area contributed by atoms with Crippen molar-refractivity contribution in [2.24, 2.45) is 0 Å². The summed E-state index contributed by atoms with van der Waals surface area (Å²) in [5.41, 5.74) is 3.34. The summed E-state index contributed by atoms with van der Waals surface area (Å²) in [6.07, 6.45) is 1.46. The second kappa shape index (κ2) is 10.2. The average molecular weight is 490 g/mol. The predicted octanol–water partition coefficient (Wildman–Crippen LogP) is 4.19. The van der Waals surface area contributed by atoms with E-state index in [4.69, 9.17) is 0 Å². The van der Waals surface area contributed by atoms with Crippen LogP contribution in [0, 0.1) is 12.7 Å². The van der Waals surface area contributed by atoms with Crippen molar-refractivity contribution in [3.05, 3.63) is 54.0 Å². The van der Waals surface area contributed by atoms with Crippen molar-refractivity contribution in [1.82, 2.24) is 39.5 Å². The van der Waals surface area contributed by atoms with E-state index in [1.54, 1.807) is 6.07 Å². The van der Waals surface area contributed by atoms with Crippen molar-refractivity contribution >= 4 is 22.7 Å². The molecule has 36 heavy (non-hydrogen) atoms. The quantitative estimate of drug-likeness (QED) is 0.413. The first-order valence-corrected chi connectivity index (χ1v) is 12.5. The van der Waals surface area contributed by atoms with Crippen LogP contribution in [0.25, 0.3) is 22.3 Å². The predicted molar refractivity (Wildman–Crippen MR) is 139 cm³/mol. The van der Waals surface area contributed by atoms with E-state index in [2.05, 4.69) is 61.0 Å². The summed E-state index contributed by atoms with van der Waals surface area (Å²) in [5.74, 6) is 1.57. The van der Waals surface area contributed by atoms with Crippen LogP contribution in [0.5, 0.6) is 0 Å². The van der Waals surface area contributed by atoms with Gasteiger partial charge in [0, 0.05) is 50.4 Å². The van der Waals surface area contributed by atoms with Gasteiger partial charge in [-0.2, -0.15) is 5.10 Å². The Morgan fingerprint density at radius 2 is 1.75 bits per heavy atom. The number of nitrogens with zero attached hydrogens (tertiary/aromatic N) is 8. The van der Waals surface area contributed by atoms with Crippen LogP contribution in [0.3, 0.4) is 0 Å². The number of aromatic nitrogens is 6. The zero-order valence-corrected chi connectivity index (χ0v) is 21.2. The highest BCUT2D eigenvalue weighted by Gasteiger charge is 2.17. The molecular formula is C26H32FN9. The highest BCUT2D eigenvalue weighted by molar-refractivity contribution is 5.83. The molecule has 1 saturated heterocycles. The molecule has 4 aromatic rings. The van der Waals surface area contributed by atoms with E-state index >= 15 is 0 Å². The highest BCUT2D eigenvalue weighted by Crippen LogP contribution is 2.29. The third-order valence-electron chi connectivity index (χ3n) is 6.68. The van der Waals surface area contributed by atoms with E-state index in [1.807, 2.05) is 29.7 Å². The molecule has 0 amide bonds. The minimum absolute atomic E-state index is 0.162. The molecule has 1 aliphatic heterocycles. The molecule has 0 atom stereocenters.